The van der Waals surface area contributed by atoms with Crippen molar-refractivity contribution in [3.8, 4) is 0 Å². The second-order valence-electron chi connectivity index (χ2n) is 4.03. The van der Waals surface area contributed by atoms with Gasteiger partial charge in [0.2, 0.25) is 0 Å². The molecular formula is C12H24O3. The SMILES string of the molecule is CCCCCCC(C)OC(CC)C(=O)O. The Labute approximate surface area is 92.8 Å². The van der Waals surface area contributed by atoms with Crippen LogP contribution in [0.5, 0.6) is 0 Å². The largest absolute Gasteiger partial charge is 0.479 e. The number of carboxylic acids is 1. The molecule has 0 aromatic rings. The molecule has 1 N–H and O–H groups in total. The minimum Gasteiger partial charge on any atom is -0.479 e. The van der Waals surface area contributed by atoms with Gasteiger partial charge in [-0.05, 0) is 19.8 Å². The number of carbonyl (C=O) groups is 1. The van der Waals surface area contributed by atoms with E-state index in [1.165, 1.54) is 19.3 Å². The maximum absolute atomic E-state index is 10.7. The third kappa shape index (κ3) is 7.37. The number of unbranched alkanes of at least 4 members (excludes halogenated alkanes) is 3. The van der Waals surface area contributed by atoms with E-state index in [0.717, 1.165) is 12.8 Å². The number of rotatable bonds is 9. The molecule has 3 nitrogen and oxygen atoms in total. The van der Waals surface area contributed by atoms with Crippen LogP contribution >= 0.6 is 0 Å². The zero-order valence-electron chi connectivity index (χ0n) is 10.2. The van der Waals surface area contributed by atoms with Gasteiger partial charge in [0.1, 0.15) is 0 Å². The molecule has 0 saturated carbocycles. The van der Waals surface area contributed by atoms with E-state index in [-0.39, 0.29) is 6.10 Å². The van der Waals surface area contributed by atoms with Crippen LogP contribution in [-0.2, 0) is 9.53 Å². The van der Waals surface area contributed by atoms with Crippen molar-refractivity contribution in [3.63, 3.8) is 0 Å². The van der Waals surface area contributed by atoms with Gasteiger partial charge in [-0.15, -0.1) is 0 Å². The third-order valence-electron chi connectivity index (χ3n) is 2.51. The molecule has 0 radical (unpaired) electrons. The lowest BCUT2D eigenvalue weighted by molar-refractivity contribution is -0.154. The summed E-state index contributed by atoms with van der Waals surface area (Å²) in [6, 6.07) is 0. The van der Waals surface area contributed by atoms with Gasteiger partial charge in [-0.2, -0.15) is 0 Å². The van der Waals surface area contributed by atoms with E-state index in [4.69, 9.17) is 9.84 Å². The fourth-order valence-corrected chi connectivity index (χ4v) is 1.54. The minimum absolute atomic E-state index is 0.0582. The molecule has 0 aliphatic carbocycles. The highest BCUT2D eigenvalue weighted by Gasteiger charge is 2.18. The molecule has 0 spiro atoms. The van der Waals surface area contributed by atoms with E-state index in [1.807, 2.05) is 13.8 Å². The molecule has 0 fully saturated rings. The minimum atomic E-state index is -0.849. The molecule has 2 unspecified atom stereocenters. The number of hydrogen-bond acceptors (Lipinski definition) is 2. The predicted molar refractivity (Wildman–Crippen MR) is 61.0 cm³/mol. The van der Waals surface area contributed by atoms with Crippen LogP contribution in [0.3, 0.4) is 0 Å². The van der Waals surface area contributed by atoms with Crippen LogP contribution in [0.4, 0.5) is 0 Å². The van der Waals surface area contributed by atoms with E-state index in [2.05, 4.69) is 6.92 Å². The Morgan fingerprint density at radius 1 is 1.27 bits per heavy atom. The third-order valence-corrected chi connectivity index (χ3v) is 2.51. The average Bonchev–Trinajstić information content (AvgIpc) is 2.20. The molecule has 2 atom stereocenters. The van der Waals surface area contributed by atoms with Crippen LogP contribution in [0.1, 0.15) is 59.3 Å². The lowest BCUT2D eigenvalue weighted by Crippen LogP contribution is -2.27. The number of hydrogen-bond donors (Lipinski definition) is 1. The lowest BCUT2D eigenvalue weighted by Gasteiger charge is -2.17. The van der Waals surface area contributed by atoms with Gasteiger partial charge >= 0.3 is 5.97 Å². The Hall–Kier alpha value is -0.570. The molecule has 0 rings (SSSR count). The first-order valence-electron chi connectivity index (χ1n) is 6.00. The van der Waals surface area contributed by atoms with Gasteiger partial charge in [-0.1, -0.05) is 39.5 Å². The second-order valence-corrected chi connectivity index (χ2v) is 4.03. The highest BCUT2D eigenvalue weighted by atomic mass is 16.5. The summed E-state index contributed by atoms with van der Waals surface area (Å²) in [4.78, 5) is 10.7. The fourth-order valence-electron chi connectivity index (χ4n) is 1.54. The molecule has 0 aromatic heterocycles. The van der Waals surface area contributed by atoms with Crippen LogP contribution in [0.15, 0.2) is 0 Å². The van der Waals surface area contributed by atoms with Crippen LogP contribution < -0.4 is 0 Å². The van der Waals surface area contributed by atoms with Crippen molar-refractivity contribution < 1.29 is 14.6 Å². The van der Waals surface area contributed by atoms with Crippen LogP contribution in [0.25, 0.3) is 0 Å². The zero-order chi connectivity index (χ0) is 11.7. The van der Waals surface area contributed by atoms with Crippen molar-refractivity contribution in [1.29, 1.82) is 0 Å². The molecule has 90 valence electrons. The lowest BCUT2D eigenvalue weighted by atomic mass is 10.1. The van der Waals surface area contributed by atoms with E-state index in [9.17, 15) is 4.79 Å². The summed E-state index contributed by atoms with van der Waals surface area (Å²) in [5, 5.41) is 8.81. The summed E-state index contributed by atoms with van der Waals surface area (Å²) >= 11 is 0. The number of aliphatic carboxylic acids is 1. The number of carboxylic acid groups (broad SMARTS) is 1. The first-order valence-corrected chi connectivity index (χ1v) is 6.00. The van der Waals surface area contributed by atoms with Gasteiger partial charge < -0.3 is 9.84 Å². The smallest absolute Gasteiger partial charge is 0.332 e. The van der Waals surface area contributed by atoms with Gasteiger partial charge in [-0.3, -0.25) is 0 Å². The molecule has 0 amide bonds. The Balaban J connectivity index is 3.62. The van der Waals surface area contributed by atoms with Crippen molar-refractivity contribution >= 4 is 5.97 Å². The first kappa shape index (κ1) is 14.4. The molecule has 0 saturated heterocycles. The molecule has 0 heterocycles. The predicted octanol–water partition coefficient (Wildman–Crippen LogP) is 3.23. The highest BCUT2D eigenvalue weighted by molar-refractivity contribution is 5.72. The Kier molecular flexibility index (Phi) is 8.38. The van der Waals surface area contributed by atoms with Gasteiger partial charge in [0.05, 0.1) is 6.10 Å². The van der Waals surface area contributed by atoms with Gasteiger partial charge in [0.15, 0.2) is 6.10 Å². The summed E-state index contributed by atoms with van der Waals surface area (Å²) in [5.74, 6) is -0.849. The van der Waals surface area contributed by atoms with Crippen LogP contribution in [-0.4, -0.2) is 23.3 Å². The van der Waals surface area contributed by atoms with Crippen molar-refractivity contribution in [1.82, 2.24) is 0 Å². The van der Waals surface area contributed by atoms with Gasteiger partial charge in [0.25, 0.3) is 0 Å². The summed E-state index contributed by atoms with van der Waals surface area (Å²) in [6.45, 7) is 5.97. The molecule has 0 aliphatic rings. The number of ether oxygens (including phenoxy) is 1. The zero-order valence-corrected chi connectivity index (χ0v) is 10.2. The van der Waals surface area contributed by atoms with Gasteiger partial charge in [-0.25, -0.2) is 4.79 Å². The van der Waals surface area contributed by atoms with Crippen molar-refractivity contribution in [2.45, 2.75) is 71.5 Å². The van der Waals surface area contributed by atoms with E-state index in [1.54, 1.807) is 0 Å². The highest BCUT2D eigenvalue weighted by Crippen LogP contribution is 2.11. The molecule has 0 aliphatic heterocycles. The van der Waals surface area contributed by atoms with Crippen LogP contribution in [0, 0.1) is 0 Å². The van der Waals surface area contributed by atoms with Crippen molar-refractivity contribution in [3.05, 3.63) is 0 Å². The molecule has 3 heteroatoms. The standard InChI is InChI=1S/C12H24O3/c1-4-6-7-8-9-10(3)15-11(5-2)12(13)14/h10-11H,4-9H2,1-3H3,(H,13,14). The second kappa shape index (κ2) is 8.72. The summed E-state index contributed by atoms with van der Waals surface area (Å²) in [6.07, 6.45) is 5.75. The summed E-state index contributed by atoms with van der Waals surface area (Å²) in [7, 11) is 0. The maximum atomic E-state index is 10.7. The monoisotopic (exact) mass is 216 g/mol. The molecular weight excluding hydrogens is 192 g/mol. The fraction of sp³-hybridized carbons (Fsp3) is 0.917. The summed E-state index contributed by atoms with van der Waals surface area (Å²) in [5.41, 5.74) is 0. The van der Waals surface area contributed by atoms with E-state index < -0.39 is 12.1 Å². The molecule has 0 bridgehead atoms. The first-order chi connectivity index (χ1) is 7.11. The topological polar surface area (TPSA) is 46.5 Å². The van der Waals surface area contributed by atoms with Crippen molar-refractivity contribution in [2.24, 2.45) is 0 Å². The van der Waals surface area contributed by atoms with E-state index >= 15 is 0 Å². The normalized spacial score (nSPS) is 14.9. The van der Waals surface area contributed by atoms with Crippen LogP contribution in [0.2, 0.25) is 0 Å². The quantitative estimate of drug-likeness (QED) is 0.602. The van der Waals surface area contributed by atoms with E-state index in [0.29, 0.717) is 6.42 Å². The Morgan fingerprint density at radius 2 is 1.93 bits per heavy atom. The molecule has 0 aromatic carbocycles. The molecule has 15 heavy (non-hydrogen) atoms. The maximum Gasteiger partial charge on any atom is 0.332 e. The Morgan fingerprint density at radius 3 is 2.40 bits per heavy atom. The Bertz CT molecular complexity index is 168. The van der Waals surface area contributed by atoms with Crippen molar-refractivity contribution in [2.75, 3.05) is 0 Å². The van der Waals surface area contributed by atoms with Gasteiger partial charge in [0, 0.05) is 0 Å². The summed E-state index contributed by atoms with van der Waals surface area (Å²) < 4.78 is 5.44. The average molecular weight is 216 g/mol.